The molecule has 0 amide bonds. The summed E-state index contributed by atoms with van der Waals surface area (Å²) >= 11 is 0. The number of halogens is 3. The average Bonchev–Trinajstić information content (AvgIpc) is 2.18. The Morgan fingerprint density at radius 2 is 2.00 bits per heavy atom. The topological polar surface area (TPSA) is 52.6 Å². The van der Waals surface area contributed by atoms with Crippen molar-refractivity contribution >= 4 is 5.97 Å². The number of aliphatic carboxylic acids is 1. The van der Waals surface area contributed by atoms with Gasteiger partial charge in [0, 0.05) is 12.6 Å². The number of alkyl halides is 3. The highest BCUT2D eigenvalue weighted by Gasteiger charge is 2.45. The number of hydrogen-bond donors (Lipinski definition) is 2. The summed E-state index contributed by atoms with van der Waals surface area (Å²) in [5.41, 5.74) is 0. The molecule has 0 saturated carbocycles. The molecule has 0 aromatic rings. The second kappa shape index (κ2) is 5.68. The Morgan fingerprint density at radius 1 is 1.47 bits per heavy atom. The third-order valence-electron chi connectivity index (χ3n) is 3.02. The summed E-state index contributed by atoms with van der Waals surface area (Å²) in [5, 5.41) is 11.2. The largest absolute Gasteiger partial charge is 0.481 e. The van der Waals surface area contributed by atoms with Crippen LogP contribution in [0.3, 0.4) is 0 Å². The average molecular weight is 254 g/mol. The van der Waals surface area contributed by atoms with Gasteiger partial charge in [0.05, 0.1) is 0 Å². The van der Waals surface area contributed by atoms with Crippen LogP contribution >= 0.6 is 0 Å². The normalized spacial score (nSPS) is 21.4. The van der Waals surface area contributed by atoms with E-state index in [1.165, 1.54) is 0 Å². The Hall–Kier alpha value is -0.820. The van der Waals surface area contributed by atoms with E-state index in [0.717, 1.165) is 25.9 Å². The van der Waals surface area contributed by atoms with Gasteiger partial charge in [-0.1, -0.05) is 0 Å². The molecule has 0 aliphatic carbocycles. The van der Waals surface area contributed by atoms with Crippen molar-refractivity contribution in [3.63, 3.8) is 0 Å². The molecule has 0 spiro atoms. The number of carboxylic acid groups (broad SMARTS) is 1. The van der Waals surface area contributed by atoms with Crippen LogP contribution < -0.4 is 5.32 Å². The minimum absolute atomic E-state index is 0.0181. The van der Waals surface area contributed by atoms with Crippen LogP contribution in [0, 0.1) is 5.92 Å². The molecule has 1 heterocycles. The summed E-state index contributed by atoms with van der Waals surface area (Å²) < 4.78 is 37.1. The molecule has 1 aliphatic heterocycles. The molecule has 1 aliphatic rings. The number of piperidine rings is 1. The smallest absolute Gasteiger partial charge is 0.403 e. The Morgan fingerprint density at radius 3 is 2.41 bits per heavy atom. The summed E-state index contributed by atoms with van der Waals surface area (Å²) in [6, 6.07) is -0.0181. The van der Waals surface area contributed by atoms with Crippen LogP contribution in [0.5, 0.6) is 0 Å². The molecule has 1 saturated heterocycles. The summed E-state index contributed by atoms with van der Waals surface area (Å²) in [5.74, 6) is -4.14. The van der Waals surface area contributed by atoms with Gasteiger partial charge in [-0.15, -0.1) is 0 Å². The molecule has 1 fully saturated rings. The third-order valence-corrected chi connectivity index (χ3v) is 3.02. The van der Waals surface area contributed by atoms with Crippen LogP contribution in [0.25, 0.3) is 0 Å². The number of nitrogens with zero attached hydrogens (tertiary/aromatic N) is 1. The van der Waals surface area contributed by atoms with Crippen LogP contribution in [0.15, 0.2) is 0 Å². The lowest BCUT2D eigenvalue weighted by Gasteiger charge is -2.30. The van der Waals surface area contributed by atoms with Crippen molar-refractivity contribution in [1.29, 1.82) is 0 Å². The maximum Gasteiger partial charge on any atom is 0.403 e. The van der Waals surface area contributed by atoms with Crippen molar-refractivity contribution in [3.05, 3.63) is 0 Å². The SMILES string of the molecule is CN1CCC(NCC(C(=O)O)C(F)(F)F)CC1. The van der Waals surface area contributed by atoms with E-state index in [2.05, 4.69) is 10.2 Å². The van der Waals surface area contributed by atoms with Gasteiger partial charge in [-0.3, -0.25) is 4.79 Å². The van der Waals surface area contributed by atoms with Crippen LogP contribution in [0.4, 0.5) is 13.2 Å². The summed E-state index contributed by atoms with van der Waals surface area (Å²) in [4.78, 5) is 12.6. The minimum Gasteiger partial charge on any atom is -0.481 e. The standard InChI is InChI=1S/C10H17F3N2O2/c1-15-4-2-7(3-5-15)14-6-8(9(16)17)10(11,12)13/h7-8,14H,2-6H2,1H3,(H,16,17). The van der Waals surface area contributed by atoms with Crippen molar-refractivity contribution in [2.75, 3.05) is 26.7 Å². The Balaban J connectivity index is 2.40. The Kier molecular flexibility index (Phi) is 4.76. The van der Waals surface area contributed by atoms with Crippen LogP contribution in [-0.4, -0.2) is 54.9 Å². The van der Waals surface area contributed by atoms with Gasteiger partial charge in [-0.2, -0.15) is 13.2 Å². The van der Waals surface area contributed by atoms with Gasteiger partial charge >= 0.3 is 12.1 Å². The van der Waals surface area contributed by atoms with E-state index in [1.807, 2.05) is 7.05 Å². The Labute approximate surface area is 97.8 Å². The highest BCUT2D eigenvalue weighted by molar-refractivity contribution is 5.71. The highest BCUT2D eigenvalue weighted by Crippen LogP contribution is 2.26. The van der Waals surface area contributed by atoms with Gasteiger partial charge in [0.25, 0.3) is 0 Å². The van der Waals surface area contributed by atoms with E-state index >= 15 is 0 Å². The predicted molar refractivity (Wildman–Crippen MR) is 55.7 cm³/mol. The maximum absolute atomic E-state index is 12.4. The lowest BCUT2D eigenvalue weighted by atomic mass is 10.0. The van der Waals surface area contributed by atoms with Gasteiger partial charge in [0.1, 0.15) is 0 Å². The van der Waals surface area contributed by atoms with E-state index in [9.17, 15) is 18.0 Å². The predicted octanol–water partition coefficient (Wildman–Crippen LogP) is 0.933. The van der Waals surface area contributed by atoms with Gasteiger partial charge < -0.3 is 15.3 Å². The van der Waals surface area contributed by atoms with Crippen molar-refractivity contribution in [2.45, 2.75) is 25.1 Å². The molecule has 0 aromatic carbocycles. The van der Waals surface area contributed by atoms with E-state index in [0.29, 0.717) is 0 Å². The first-order valence-electron chi connectivity index (χ1n) is 5.52. The van der Waals surface area contributed by atoms with Crippen molar-refractivity contribution < 1.29 is 23.1 Å². The van der Waals surface area contributed by atoms with Crippen LogP contribution in [0.1, 0.15) is 12.8 Å². The zero-order valence-corrected chi connectivity index (χ0v) is 9.63. The number of nitrogens with one attached hydrogen (secondary N) is 1. The summed E-state index contributed by atoms with van der Waals surface area (Å²) in [7, 11) is 1.95. The fourth-order valence-electron chi connectivity index (χ4n) is 1.84. The molecule has 17 heavy (non-hydrogen) atoms. The highest BCUT2D eigenvalue weighted by atomic mass is 19.4. The number of hydrogen-bond acceptors (Lipinski definition) is 3. The summed E-state index contributed by atoms with van der Waals surface area (Å²) in [6.45, 7) is 1.09. The number of carboxylic acids is 1. The fourth-order valence-corrected chi connectivity index (χ4v) is 1.84. The van der Waals surface area contributed by atoms with Crippen molar-refractivity contribution in [3.8, 4) is 0 Å². The first-order chi connectivity index (χ1) is 7.80. The van der Waals surface area contributed by atoms with Crippen molar-refractivity contribution in [2.24, 2.45) is 5.92 Å². The number of carbonyl (C=O) groups is 1. The molecular formula is C10H17F3N2O2. The van der Waals surface area contributed by atoms with Crippen LogP contribution in [-0.2, 0) is 4.79 Å². The lowest BCUT2D eigenvalue weighted by Crippen LogP contribution is -2.46. The molecule has 1 rings (SSSR count). The second-order valence-electron chi connectivity index (χ2n) is 4.42. The molecule has 7 heteroatoms. The molecular weight excluding hydrogens is 237 g/mol. The summed E-state index contributed by atoms with van der Waals surface area (Å²) in [6.07, 6.45) is -3.19. The van der Waals surface area contributed by atoms with Gasteiger partial charge in [0.15, 0.2) is 5.92 Å². The van der Waals surface area contributed by atoms with Gasteiger partial charge in [0.2, 0.25) is 0 Å². The Bertz CT molecular complexity index is 263. The zero-order valence-electron chi connectivity index (χ0n) is 9.63. The fraction of sp³-hybridized carbons (Fsp3) is 0.900. The van der Waals surface area contributed by atoms with E-state index < -0.39 is 24.6 Å². The molecule has 4 nitrogen and oxygen atoms in total. The number of rotatable bonds is 4. The molecule has 1 atom stereocenters. The van der Waals surface area contributed by atoms with Gasteiger partial charge in [-0.05, 0) is 33.0 Å². The number of likely N-dealkylation sites (tertiary alicyclic amines) is 1. The molecule has 1 unspecified atom stereocenters. The molecule has 100 valence electrons. The molecule has 0 radical (unpaired) electrons. The first kappa shape index (κ1) is 14.2. The monoisotopic (exact) mass is 254 g/mol. The van der Waals surface area contributed by atoms with E-state index in [-0.39, 0.29) is 6.04 Å². The quantitative estimate of drug-likeness (QED) is 0.783. The second-order valence-corrected chi connectivity index (χ2v) is 4.42. The first-order valence-corrected chi connectivity index (χ1v) is 5.52. The van der Waals surface area contributed by atoms with Gasteiger partial charge in [-0.25, -0.2) is 0 Å². The van der Waals surface area contributed by atoms with Crippen LogP contribution in [0.2, 0.25) is 0 Å². The minimum atomic E-state index is -4.69. The lowest BCUT2D eigenvalue weighted by molar-refractivity contribution is -0.192. The van der Waals surface area contributed by atoms with E-state index in [4.69, 9.17) is 5.11 Å². The van der Waals surface area contributed by atoms with E-state index in [1.54, 1.807) is 0 Å². The third kappa shape index (κ3) is 4.51. The zero-order chi connectivity index (χ0) is 13.1. The molecule has 2 N–H and O–H groups in total. The molecule has 0 bridgehead atoms. The molecule has 0 aromatic heterocycles. The maximum atomic E-state index is 12.4. The van der Waals surface area contributed by atoms with Crippen molar-refractivity contribution in [1.82, 2.24) is 10.2 Å².